The third kappa shape index (κ3) is 5.01. The number of rotatable bonds is 6. The lowest BCUT2D eigenvalue weighted by molar-refractivity contribution is 0.0585. The van der Waals surface area contributed by atoms with Crippen molar-refractivity contribution in [3.8, 4) is 11.6 Å². The monoisotopic (exact) mass is 524 g/mol. The molecule has 37 heavy (non-hydrogen) atoms. The van der Waals surface area contributed by atoms with Crippen LogP contribution in [0.15, 0.2) is 53.9 Å². The highest BCUT2D eigenvalue weighted by Gasteiger charge is 2.27. The molecule has 1 aromatic carbocycles. The summed E-state index contributed by atoms with van der Waals surface area (Å²) < 4.78 is 45.7. The van der Waals surface area contributed by atoms with E-state index in [4.69, 9.17) is 4.74 Å². The Morgan fingerprint density at radius 3 is 2.62 bits per heavy atom. The van der Waals surface area contributed by atoms with Crippen molar-refractivity contribution in [1.29, 1.82) is 0 Å². The van der Waals surface area contributed by atoms with Crippen LogP contribution in [0, 0.1) is 5.82 Å². The molecule has 1 aliphatic rings. The number of carbonyl (C=O) groups is 1. The van der Waals surface area contributed by atoms with Crippen molar-refractivity contribution in [2.75, 3.05) is 19.3 Å². The van der Waals surface area contributed by atoms with Gasteiger partial charge in [-0.25, -0.2) is 27.5 Å². The Balaban J connectivity index is 1.31. The summed E-state index contributed by atoms with van der Waals surface area (Å²) in [6.07, 6.45) is 7.36. The molecule has 1 fully saturated rings. The van der Waals surface area contributed by atoms with E-state index in [1.54, 1.807) is 11.1 Å². The molecule has 0 saturated carbocycles. The Hall–Kier alpha value is -3.93. The number of aromatic nitrogens is 5. The maximum atomic E-state index is 14.8. The Morgan fingerprint density at radius 1 is 1.14 bits per heavy atom. The number of hydrogen-bond acceptors (Lipinski definition) is 8. The molecule has 0 aliphatic carbocycles. The van der Waals surface area contributed by atoms with Gasteiger partial charge in [0.25, 0.3) is 5.91 Å². The molecular weight excluding hydrogens is 499 g/mol. The first-order valence-electron chi connectivity index (χ1n) is 11.8. The van der Waals surface area contributed by atoms with Crippen LogP contribution in [0.4, 0.5) is 4.39 Å². The number of ether oxygens (including phenoxy) is 1. The summed E-state index contributed by atoms with van der Waals surface area (Å²) >= 11 is 0. The standard InChI is InChI=1S/C25H25FN6O4S/c1-3-16-6-9-27-21(12-16)25(33)31-10-7-17(8-11-31)36-24-19-14-30-32(23(19)28-15-29-24)22-5-4-18(13-20(22)26)37(2,34)35/h4-6,9,12-15,17H,3,7-8,10-11H2,1-2H3. The van der Waals surface area contributed by atoms with Gasteiger partial charge in [-0.05, 0) is 42.3 Å². The fraction of sp³-hybridized carbons (Fsp3) is 0.320. The molecule has 0 N–H and O–H groups in total. The second-order valence-electron chi connectivity index (χ2n) is 8.87. The molecule has 1 amide bonds. The fourth-order valence-electron chi connectivity index (χ4n) is 4.29. The van der Waals surface area contributed by atoms with Crippen molar-refractivity contribution in [2.45, 2.75) is 37.2 Å². The molecule has 5 rings (SSSR count). The third-order valence-corrected chi connectivity index (χ3v) is 7.47. The van der Waals surface area contributed by atoms with Crippen molar-refractivity contribution in [1.82, 2.24) is 29.6 Å². The molecule has 0 unspecified atom stereocenters. The van der Waals surface area contributed by atoms with Gasteiger partial charge in [0.05, 0.1) is 11.1 Å². The Labute approximate surface area is 213 Å². The molecule has 1 aliphatic heterocycles. The fourth-order valence-corrected chi connectivity index (χ4v) is 4.92. The van der Waals surface area contributed by atoms with E-state index < -0.39 is 15.7 Å². The number of hydrogen-bond donors (Lipinski definition) is 0. The number of benzene rings is 1. The van der Waals surface area contributed by atoms with E-state index in [-0.39, 0.29) is 22.6 Å². The number of piperidine rings is 1. The van der Waals surface area contributed by atoms with E-state index in [9.17, 15) is 17.6 Å². The lowest BCUT2D eigenvalue weighted by Crippen LogP contribution is -2.42. The van der Waals surface area contributed by atoms with Gasteiger partial charge < -0.3 is 9.64 Å². The number of fused-ring (bicyclic) bond motifs is 1. The van der Waals surface area contributed by atoms with E-state index in [1.807, 2.05) is 19.1 Å². The Morgan fingerprint density at radius 2 is 1.92 bits per heavy atom. The zero-order valence-corrected chi connectivity index (χ0v) is 21.2. The highest BCUT2D eigenvalue weighted by atomic mass is 32.2. The number of nitrogens with zero attached hydrogens (tertiary/aromatic N) is 6. The first-order valence-corrected chi connectivity index (χ1v) is 13.7. The minimum atomic E-state index is -3.55. The van der Waals surface area contributed by atoms with Crippen molar-refractivity contribution < 1.29 is 22.3 Å². The number of aryl methyl sites for hydroxylation is 1. The maximum Gasteiger partial charge on any atom is 0.272 e. The average molecular weight is 525 g/mol. The summed E-state index contributed by atoms with van der Waals surface area (Å²) in [5.41, 5.74) is 1.89. The largest absolute Gasteiger partial charge is 0.474 e. The molecule has 0 radical (unpaired) electrons. The summed E-state index contributed by atoms with van der Waals surface area (Å²) in [6, 6.07) is 7.36. The summed E-state index contributed by atoms with van der Waals surface area (Å²) in [5.74, 6) is -0.528. The third-order valence-electron chi connectivity index (χ3n) is 6.36. The second-order valence-corrected chi connectivity index (χ2v) is 10.9. The number of likely N-dealkylation sites (tertiary alicyclic amines) is 1. The van der Waals surface area contributed by atoms with Crippen LogP contribution in [0.1, 0.15) is 35.8 Å². The Bertz CT molecular complexity index is 1580. The Kier molecular flexibility index (Phi) is 6.59. The van der Waals surface area contributed by atoms with Crippen molar-refractivity contribution in [3.63, 3.8) is 0 Å². The first-order chi connectivity index (χ1) is 17.7. The summed E-state index contributed by atoms with van der Waals surface area (Å²) in [6.45, 7) is 3.07. The molecule has 192 valence electrons. The zero-order chi connectivity index (χ0) is 26.2. The number of halogens is 1. The van der Waals surface area contributed by atoms with E-state index in [2.05, 4.69) is 20.1 Å². The van der Waals surface area contributed by atoms with Crippen molar-refractivity contribution in [3.05, 3.63) is 66.1 Å². The smallest absolute Gasteiger partial charge is 0.272 e. The van der Waals surface area contributed by atoms with Crippen LogP contribution in [-0.4, -0.2) is 69.4 Å². The lowest BCUT2D eigenvalue weighted by atomic mass is 10.1. The highest BCUT2D eigenvalue weighted by molar-refractivity contribution is 7.90. The van der Waals surface area contributed by atoms with Gasteiger partial charge in [-0.2, -0.15) is 5.10 Å². The zero-order valence-electron chi connectivity index (χ0n) is 20.3. The lowest BCUT2D eigenvalue weighted by Gasteiger charge is -2.31. The van der Waals surface area contributed by atoms with Crippen LogP contribution in [0.2, 0.25) is 0 Å². The summed E-state index contributed by atoms with van der Waals surface area (Å²) in [7, 11) is -3.55. The van der Waals surface area contributed by atoms with Crippen LogP contribution in [0.25, 0.3) is 16.7 Å². The molecule has 1 saturated heterocycles. The van der Waals surface area contributed by atoms with E-state index in [1.165, 1.54) is 29.3 Å². The second kappa shape index (κ2) is 9.85. The molecule has 0 atom stereocenters. The highest BCUT2D eigenvalue weighted by Crippen LogP contribution is 2.28. The predicted octanol–water partition coefficient (Wildman–Crippen LogP) is 3.00. The van der Waals surface area contributed by atoms with Gasteiger partial charge in [-0.1, -0.05) is 6.92 Å². The SMILES string of the molecule is CCc1ccnc(C(=O)N2CCC(Oc3ncnc4c3cnn4-c3ccc(S(C)(=O)=O)cc3F)CC2)c1. The normalized spacial score (nSPS) is 14.7. The van der Waals surface area contributed by atoms with E-state index in [0.717, 1.165) is 24.3 Å². The van der Waals surface area contributed by atoms with Crippen LogP contribution in [-0.2, 0) is 16.3 Å². The summed E-state index contributed by atoms with van der Waals surface area (Å²) in [4.78, 5) is 27.2. The van der Waals surface area contributed by atoms with Crippen molar-refractivity contribution >= 4 is 26.8 Å². The molecule has 4 heterocycles. The van der Waals surface area contributed by atoms with Gasteiger partial charge in [0, 0.05) is 38.4 Å². The number of sulfone groups is 1. The van der Waals surface area contributed by atoms with Gasteiger partial charge in [-0.3, -0.25) is 9.78 Å². The van der Waals surface area contributed by atoms with Crippen molar-refractivity contribution in [2.24, 2.45) is 0 Å². The molecule has 4 aromatic rings. The molecule has 12 heteroatoms. The number of carbonyl (C=O) groups excluding carboxylic acids is 1. The van der Waals surface area contributed by atoms with Gasteiger partial charge >= 0.3 is 0 Å². The molecule has 10 nitrogen and oxygen atoms in total. The molecule has 3 aromatic heterocycles. The molecular formula is C25H25FN6O4S. The molecule has 0 bridgehead atoms. The van der Waals surface area contributed by atoms with Crippen LogP contribution >= 0.6 is 0 Å². The van der Waals surface area contributed by atoms with Crippen LogP contribution < -0.4 is 4.74 Å². The van der Waals surface area contributed by atoms with E-state index in [0.29, 0.717) is 48.5 Å². The van der Waals surface area contributed by atoms with Gasteiger partial charge in [-0.15, -0.1) is 0 Å². The minimum absolute atomic E-state index is 0.0552. The quantitative estimate of drug-likeness (QED) is 0.378. The topological polar surface area (TPSA) is 120 Å². The van der Waals surface area contributed by atoms with E-state index >= 15 is 0 Å². The molecule has 0 spiro atoms. The minimum Gasteiger partial charge on any atom is -0.474 e. The average Bonchev–Trinajstić information content (AvgIpc) is 3.33. The number of amides is 1. The van der Waals surface area contributed by atoms with Gasteiger partial charge in [0.2, 0.25) is 5.88 Å². The first kappa shape index (κ1) is 24.8. The van der Waals surface area contributed by atoms with Gasteiger partial charge in [0.1, 0.15) is 35.0 Å². The van der Waals surface area contributed by atoms with Gasteiger partial charge in [0.15, 0.2) is 15.5 Å². The predicted molar refractivity (Wildman–Crippen MR) is 133 cm³/mol. The number of pyridine rings is 1. The maximum absolute atomic E-state index is 14.8. The summed E-state index contributed by atoms with van der Waals surface area (Å²) in [5, 5.41) is 4.73. The van der Waals surface area contributed by atoms with Crippen LogP contribution in [0.5, 0.6) is 5.88 Å². The van der Waals surface area contributed by atoms with Crippen LogP contribution in [0.3, 0.4) is 0 Å².